The highest BCUT2D eigenvalue weighted by Crippen LogP contribution is 2.47. The molecule has 8 heterocycles. The largest absolute Gasteiger partial charge is 0.366 e. The fourth-order valence-electron chi connectivity index (χ4n) is 25.1. The Morgan fingerprint density at radius 1 is 0.388 bits per heavy atom. The van der Waals surface area contributed by atoms with Gasteiger partial charge in [0.15, 0.2) is 0 Å². The Bertz CT molecular complexity index is 7680. The normalized spacial score (nSPS) is 18.6. The van der Waals surface area contributed by atoms with Gasteiger partial charge in [0, 0.05) is 204 Å². The third-order valence-electron chi connectivity index (χ3n) is 32.7. The maximum absolute atomic E-state index is 13.0. The quantitative estimate of drug-likeness (QED) is 0.0433. The molecule has 8 aromatic heterocycles. The molecule has 762 valence electrons. The SMILES string of the molecule is Brc1ccc2[nH]c3c(c2c1)CCCC3NCC1=CC=CC1.Brc1ccc2[nH]c3c(c2c1)CCCC3NCC1CCCCC1.C=C(c1ccccc1)N(C)C1CCCc2c1[nH]c1ccc(Br)cc21.C=C1CCCc2c1[nH]c1ccc(C)cc21.CCCCNC1CCCc2c1[nH]c1ccc(Br)cc21.Cc1ccc(C)n1C1CCCc2c1[nH]c1ccc(Br)cc21.Cc1cccc(C(=O)N(C)C2CCCc3c2[nH]c2ccc(Br)cc32)c1. The lowest BCUT2D eigenvalue weighted by Crippen LogP contribution is -2.33. The van der Waals surface area contributed by atoms with Crippen molar-refractivity contribution >= 4 is 189 Å². The number of hydrogen-bond donors (Lipinski definition) is 10. The zero-order chi connectivity index (χ0) is 102. The first kappa shape index (κ1) is 104. The smallest absolute Gasteiger partial charge is 0.254 e. The predicted octanol–water partition coefficient (Wildman–Crippen LogP) is 35.4. The molecule has 1 amide bonds. The summed E-state index contributed by atoms with van der Waals surface area (Å²) >= 11 is 21.6. The minimum atomic E-state index is 0.0846. The minimum absolute atomic E-state index is 0.0846. The molecule has 10 N–H and O–H groups in total. The van der Waals surface area contributed by atoms with Gasteiger partial charge in [-0.25, -0.2) is 0 Å². The number of amides is 1. The van der Waals surface area contributed by atoms with E-state index in [0.29, 0.717) is 30.2 Å². The van der Waals surface area contributed by atoms with Crippen LogP contribution in [-0.4, -0.2) is 88.9 Å². The van der Waals surface area contributed by atoms with Crippen molar-refractivity contribution < 1.29 is 4.79 Å². The second kappa shape index (κ2) is 47.3. The Morgan fingerprint density at radius 3 is 1.28 bits per heavy atom. The van der Waals surface area contributed by atoms with Gasteiger partial charge >= 0.3 is 0 Å². The Morgan fingerprint density at radius 2 is 0.796 bits per heavy atom. The monoisotopic (exact) mass is 2340 g/mol. The van der Waals surface area contributed by atoms with E-state index < -0.39 is 0 Å². The lowest BCUT2D eigenvalue weighted by Gasteiger charge is -2.34. The third kappa shape index (κ3) is 23.3. The number of aromatic nitrogens is 8. The highest BCUT2D eigenvalue weighted by Gasteiger charge is 2.35. The van der Waals surface area contributed by atoms with Crippen LogP contribution in [0.1, 0.15) is 302 Å². The summed E-state index contributed by atoms with van der Waals surface area (Å²) in [4.78, 5) is 42.6. The number of nitrogens with one attached hydrogen (secondary N) is 10. The summed E-state index contributed by atoms with van der Waals surface area (Å²) in [6.07, 6.45) is 42.5. The van der Waals surface area contributed by atoms with E-state index in [1.54, 1.807) is 5.56 Å². The average molecular weight is 2350 g/mol. The molecule has 6 atom stereocenters. The number of unbranched alkanes of at least 4 members (excludes halogenated alkanes) is 1. The van der Waals surface area contributed by atoms with E-state index in [2.05, 4.69) is 386 Å². The van der Waals surface area contributed by atoms with Crippen LogP contribution in [0, 0.1) is 33.6 Å². The molecule has 0 bridgehead atoms. The first-order valence-corrected chi connectivity index (χ1v) is 58.9. The van der Waals surface area contributed by atoms with E-state index in [-0.39, 0.29) is 11.9 Å². The van der Waals surface area contributed by atoms with Gasteiger partial charge in [-0.3, -0.25) is 4.79 Å². The number of nitrogens with zero attached hydrogens (tertiary/aromatic N) is 3. The minimum Gasteiger partial charge on any atom is -0.366 e. The molecule has 0 radical (unpaired) electrons. The lowest BCUT2D eigenvalue weighted by atomic mass is 9.88. The van der Waals surface area contributed by atoms with Crippen molar-refractivity contribution in [2.24, 2.45) is 5.92 Å². The predicted molar refractivity (Wildman–Crippen MR) is 638 cm³/mol. The summed E-state index contributed by atoms with van der Waals surface area (Å²) < 4.78 is 9.39. The maximum Gasteiger partial charge on any atom is 0.254 e. The number of benzene rings is 9. The number of H-pyrrole nitrogens is 7. The van der Waals surface area contributed by atoms with E-state index in [1.807, 2.05) is 49.2 Å². The Kier molecular flexibility index (Phi) is 33.5. The zero-order valence-corrected chi connectivity index (χ0v) is 95.8. The maximum atomic E-state index is 13.0. The van der Waals surface area contributed by atoms with E-state index in [1.165, 1.54) is 334 Å². The van der Waals surface area contributed by atoms with E-state index >= 15 is 0 Å². The van der Waals surface area contributed by atoms with Gasteiger partial charge in [-0.05, 0) is 403 Å². The second-order valence-electron chi connectivity index (χ2n) is 42.5. The van der Waals surface area contributed by atoms with Crippen molar-refractivity contribution in [3.05, 3.63) is 370 Å². The van der Waals surface area contributed by atoms with Crippen LogP contribution < -0.4 is 16.0 Å². The van der Waals surface area contributed by atoms with Crippen molar-refractivity contribution in [2.75, 3.05) is 33.7 Å². The van der Waals surface area contributed by atoms with Crippen LogP contribution in [0.25, 0.3) is 87.6 Å². The van der Waals surface area contributed by atoms with Crippen molar-refractivity contribution in [3.63, 3.8) is 0 Å². The summed E-state index contributed by atoms with van der Waals surface area (Å²) in [5.74, 6) is 0.985. The van der Waals surface area contributed by atoms with Gasteiger partial charge in [0.2, 0.25) is 0 Å². The number of aromatic amines is 7. The zero-order valence-electron chi connectivity index (χ0n) is 86.3. The Balaban J connectivity index is 0.000000105. The molecule has 0 spiro atoms. The Labute approximate surface area is 917 Å². The summed E-state index contributed by atoms with van der Waals surface area (Å²) in [5.41, 5.74) is 39.6. The first-order valence-electron chi connectivity index (χ1n) is 54.1. The van der Waals surface area contributed by atoms with Gasteiger partial charge in [-0.1, -0.05) is 225 Å². The summed E-state index contributed by atoms with van der Waals surface area (Å²) in [6.45, 7) is 22.6. The number of hydrogen-bond acceptors (Lipinski definition) is 5. The lowest BCUT2D eigenvalue weighted by molar-refractivity contribution is 0.0711. The number of rotatable bonds is 16. The van der Waals surface area contributed by atoms with Crippen LogP contribution in [0.4, 0.5) is 0 Å². The van der Waals surface area contributed by atoms with Crippen molar-refractivity contribution in [2.45, 2.75) is 257 Å². The molecule has 0 aliphatic heterocycles. The summed E-state index contributed by atoms with van der Waals surface area (Å²) in [7, 11) is 4.09. The van der Waals surface area contributed by atoms with Crippen molar-refractivity contribution in [3.8, 4) is 0 Å². The van der Waals surface area contributed by atoms with Crippen LogP contribution in [0.5, 0.6) is 0 Å². The second-order valence-corrected chi connectivity index (χ2v) is 48.0. The highest BCUT2D eigenvalue weighted by molar-refractivity contribution is 9.11. The number of carbonyl (C=O) groups excluding carboxylic acids is 1. The van der Waals surface area contributed by atoms with Crippen LogP contribution in [-0.2, 0) is 44.9 Å². The molecule has 17 aromatic rings. The van der Waals surface area contributed by atoms with Gasteiger partial charge < -0.3 is 65.2 Å². The molecule has 9 aromatic carbocycles. The molecule has 147 heavy (non-hydrogen) atoms. The van der Waals surface area contributed by atoms with Gasteiger partial charge in [-0.2, -0.15) is 0 Å². The van der Waals surface area contributed by atoms with Gasteiger partial charge in [-0.15, -0.1) is 0 Å². The molecule has 0 saturated heterocycles. The summed E-state index contributed by atoms with van der Waals surface area (Å²) in [6, 6.07) is 70.8. The van der Waals surface area contributed by atoms with Gasteiger partial charge in [0.1, 0.15) is 0 Å². The standard InChI is InChI=1S/C21H21BrN2O.C21H21BrN2.C19H25BrN2.2C18H19BrN2.C16H21BrN2.C14H15N/c1-13-5-3-6-14(11-13)21(25)24(2)19-8-4-7-16-17-12-15(22)9-10-18(17)23-20(16)19;1-14(15-7-4-3-5-8-15)24(2)20-10-6-9-17-18-13-16(22)11-12-19(18)23-21(17)20;20-14-9-10-17-16(11-14)15-7-4-8-18(19(15)22-17)21-12-13-5-2-1-3-6-13;1-11-6-7-12(2)21(11)17-5-3-4-14-15-10-13(19)8-9-16(15)20-18(14)17;19-13-8-9-16-15(10-13)14-6-3-7-17(18(14)21-16)20-11-12-4-1-2-5-12;1-2-3-9-18-15-6-4-5-12-13-10-11(17)7-8-14(13)19-16(12)15;1-9-6-7-13-12(8-9)11-5-3-4-10(2)14(11)15-13/h3,5-6,9-12,19,23H,4,7-8H2,1-2H3;3-5,7-8,11-13,20,23H,1,6,9-10H2,2H3;9-11,13,18,21-22H,1-8,12H2;6-10,17,20H,3-5H2,1-2H3;1-2,4,8-10,17,20-21H,3,5-7,11H2;7-8,10,15,18-19H,2-6,9H2,1H3;6-8,15H,2-5H2,1H3. The molecule has 1 fully saturated rings. The number of allylic oxidation sites excluding steroid dienone is 4. The van der Waals surface area contributed by atoms with E-state index in [4.69, 9.17) is 0 Å². The van der Waals surface area contributed by atoms with Crippen molar-refractivity contribution in [1.29, 1.82) is 0 Å². The molecule has 9 aliphatic carbocycles. The van der Waals surface area contributed by atoms with Crippen LogP contribution in [0.2, 0.25) is 0 Å². The third-order valence-corrected chi connectivity index (χ3v) is 35.6. The fraction of sp³-hybridized carbons (Fsp3) is 0.362. The number of aryl methyl sites for hydroxylation is 11. The number of fused-ring (bicyclic) bond motifs is 21. The number of carbonyl (C=O) groups is 1. The van der Waals surface area contributed by atoms with Crippen LogP contribution in [0.15, 0.2) is 258 Å². The average Bonchev–Trinajstić information content (AvgIpc) is 1.72. The highest BCUT2D eigenvalue weighted by atomic mass is 79.9. The van der Waals surface area contributed by atoms with Crippen LogP contribution >= 0.6 is 95.6 Å². The Hall–Kier alpha value is -9.97. The van der Waals surface area contributed by atoms with Crippen LogP contribution in [0.3, 0.4) is 0 Å². The summed E-state index contributed by atoms with van der Waals surface area (Å²) in [5, 5.41) is 20.9. The van der Waals surface area contributed by atoms with E-state index in [0.717, 1.165) is 104 Å². The van der Waals surface area contributed by atoms with Gasteiger partial charge in [0.05, 0.1) is 18.1 Å². The topological polar surface area (TPSA) is 175 Å². The molecule has 26 rings (SSSR count). The van der Waals surface area contributed by atoms with E-state index in [9.17, 15) is 4.79 Å². The molecule has 9 aliphatic rings. The number of halogens is 6. The molecule has 6 unspecified atom stereocenters. The molecular weight excluding hydrogens is 2200 g/mol. The first-order chi connectivity index (χ1) is 71.5. The van der Waals surface area contributed by atoms with Gasteiger partial charge in [0.25, 0.3) is 5.91 Å². The molecular formula is C127H141Br6N13O. The van der Waals surface area contributed by atoms with Crippen molar-refractivity contribution in [1.82, 2.24) is 65.2 Å². The molecule has 1 saturated carbocycles. The molecule has 20 heteroatoms. The molecule has 14 nitrogen and oxygen atoms in total. The fourth-order valence-corrected chi connectivity index (χ4v) is 27.2.